The molecule has 1 atom stereocenters. The molecule has 2 aromatic rings. The molecule has 1 unspecified atom stereocenters. The second-order valence-electron chi connectivity index (χ2n) is 5.57. The summed E-state index contributed by atoms with van der Waals surface area (Å²) in [6.07, 6.45) is 5.08. The number of nitriles is 1. The maximum Gasteiger partial charge on any atom is 0.0828 e. The smallest absolute Gasteiger partial charge is 0.0828 e. The Hall–Kier alpha value is -1.66. The summed E-state index contributed by atoms with van der Waals surface area (Å²) in [7, 11) is 0. The van der Waals surface area contributed by atoms with Crippen LogP contribution < -0.4 is 0 Å². The van der Waals surface area contributed by atoms with Crippen LogP contribution >= 0.6 is 11.3 Å². The summed E-state index contributed by atoms with van der Waals surface area (Å²) in [6, 6.07) is 11.1. The maximum atomic E-state index is 9.82. The largest absolute Gasteiger partial charge is 0.250 e. The molecule has 1 aromatic carbocycles. The molecule has 0 fully saturated rings. The van der Waals surface area contributed by atoms with Gasteiger partial charge in [0.2, 0.25) is 0 Å². The Morgan fingerprint density at radius 1 is 1.40 bits per heavy atom. The molecule has 0 saturated carbocycles. The zero-order valence-corrected chi connectivity index (χ0v) is 12.5. The summed E-state index contributed by atoms with van der Waals surface area (Å²) in [5, 5.41) is 9.82. The van der Waals surface area contributed by atoms with Gasteiger partial charge in [0.15, 0.2) is 0 Å². The van der Waals surface area contributed by atoms with Crippen molar-refractivity contribution >= 4 is 11.3 Å². The number of nitrogens with zero attached hydrogens (tertiary/aromatic N) is 2. The average molecular weight is 282 g/mol. The molecule has 0 bridgehead atoms. The molecule has 0 radical (unpaired) electrons. The molecule has 1 aliphatic rings. The zero-order chi connectivity index (χ0) is 14.0. The highest BCUT2D eigenvalue weighted by molar-refractivity contribution is 7.09. The molecular weight excluding hydrogens is 264 g/mol. The van der Waals surface area contributed by atoms with Crippen molar-refractivity contribution < 1.29 is 0 Å². The average Bonchev–Trinajstić information content (AvgIpc) is 2.90. The third-order valence-electron chi connectivity index (χ3n) is 4.42. The van der Waals surface area contributed by atoms with Crippen molar-refractivity contribution in [3.8, 4) is 6.07 Å². The van der Waals surface area contributed by atoms with E-state index in [0.29, 0.717) is 0 Å². The van der Waals surface area contributed by atoms with Gasteiger partial charge in [-0.05, 0) is 50.2 Å². The molecule has 102 valence electrons. The van der Waals surface area contributed by atoms with Gasteiger partial charge in [-0.2, -0.15) is 5.26 Å². The number of fused-ring (bicyclic) bond motifs is 1. The van der Waals surface area contributed by atoms with E-state index >= 15 is 0 Å². The molecule has 0 N–H and O–H groups in total. The van der Waals surface area contributed by atoms with Gasteiger partial charge in [-0.1, -0.05) is 24.3 Å². The first-order valence-corrected chi connectivity index (χ1v) is 8.02. The van der Waals surface area contributed by atoms with Crippen LogP contribution in [0.5, 0.6) is 0 Å². The third kappa shape index (κ3) is 2.25. The Labute approximate surface area is 124 Å². The van der Waals surface area contributed by atoms with Crippen LogP contribution in [0.25, 0.3) is 0 Å². The quantitative estimate of drug-likeness (QED) is 0.846. The standard InChI is InChI=1S/C17H18N2S/c1-13-16(20-12-19-13)8-10-17(11-18)9-4-6-14-5-2-3-7-15(14)17/h2-3,5,7,12H,4,6,8-10H2,1H3. The lowest BCUT2D eigenvalue weighted by atomic mass is 9.68. The molecule has 3 rings (SSSR count). The van der Waals surface area contributed by atoms with Crippen molar-refractivity contribution in [2.24, 2.45) is 0 Å². The van der Waals surface area contributed by atoms with Crippen molar-refractivity contribution in [3.63, 3.8) is 0 Å². The van der Waals surface area contributed by atoms with Crippen LogP contribution in [0.3, 0.4) is 0 Å². The van der Waals surface area contributed by atoms with E-state index in [0.717, 1.165) is 37.8 Å². The van der Waals surface area contributed by atoms with Gasteiger partial charge in [0.25, 0.3) is 0 Å². The van der Waals surface area contributed by atoms with Crippen molar-refractivity contribution in [2.75, 3.05) is 0 Å². The van der Waals surface area contributed by atoms with Crippen LogP contribution in [0.15, 0.2) is 29.8 Å². The lowest BCUT2D eigenvalue weighted by molar-refractivity contribution is 0.424. The Morgan fingerprint density at radius 3 is 3.00 bits per heavy atom. The number of rotatable bonds is 3. The number of benzene rings is 1. The second-order valence-corrected chi connectivity index (χ2v) is 6.50. The highest BCUT2D eigenvalue weighted by atomic mass is 32.1. The number of aryl methyl sites for hydroxylation is 3. The predicted octanol–water partition coefficient (Wildman–Crippen LogP) is 4.18. The van der Waals surface area contributed by atoms with E-state index in [1.54, 1.807) is 11.3 Å². The summed E-state index contributed by atoms with van der Waals surface area (Å²) >= 11 is 1.71. The molecule has 1 aromatic heterocycles. The van der Waals surface area contributed by atoms with Gasteiger partial charge in [0.05, 0.1) is 22.7 Å². The highest BCUT2D eigenvalue weighted by Crippen LogP contribution is 2.40. The fourth-order valence-electron chi connectivity index (χ4n) is 3.25. The summed E-state index contributed by atoms with van der Waals surface area (Å²) < 4.78 is 0. The van der Waals surface area contributed by atoms with E-state index < -0.39 is 0 Å². The SMILES string of the molecule is Cc1ncsc1CCC1(C#N)CCCc2ccccc21. The fraction of sp³-hybridized carbons (Fsp3) is 0.412. The molecule has 1 heterocycles. The highest BCUT2D eigenvalue weighted by Gasteiger charge is 2.36. The zero-order valence-electron chi connectivity index (χ0n) is 11.7. The molecular formula is C17H18N2S. The number of thiazole rings is 1. The second kappa shape index (κ2) is 5.38. The number of hydrogen-bond donors (Lipinski definition) is 0. The van der Waals surface area contributed by atoms with Gasteiger partial charge in [-0.15, -0.1) is 11.3 Å². The van der Waals surface area contributed by atoms with Gasteiger partial charge in [-0.3, -0.25) is 0 Å². The van der Waals surface area contributed by atoms with Gasteiger partial charge in [-0.25, -0.2) is 4.98 Å². The monoisotopic (exact) mass is 282 g/mol. The van der Waals surface area contributed by atoms with E-state index in [4.69, 9.17) is 0 Å². The first-order chi connectivity index (χ1) is 9.75. The molecule has 0 saturated heterocycles. The van der Waals surface area contributed by atoms with E-state index in [2.05, 4.69) is 42.2 Å². The topological polar surface area (TPSA) is 36.7 Å². The van der Waals surface area contributed by atoms with E-state index in [9.17, 15) is 5.26 Å². The lowest BCUT2D eigenvalue weighted by Gasteiger charge is -2.33. The normalized spacial score (nSPS) is 21.2. The third-order valence-corrected chi connectivity index (χ3v) is 5.42. The molecule has 0 aliphatic heterocycles. The van der Waals surface area contributed by atoms with Crippen LogP contribution in [0.4, 0.5) is 0 Å². The minimum Gasteiger partial charge on any atom is -0.250 e. The number of aromatic nitrogens is 1. The van der Waals surface area contributed by atoms with E-state index in [1.165, 1.54) is 16.0 Å². The summed E-state index contributed by atoms with van der Waals surface area (Å²) in [5.74, 6) is 0. The molecule has 1 aliphatic carbocycles. The number of hydrogen-bond acceptors (Lipinski definition) is 3. The Morgan fingerprint density at radius 2 is 2.25 bits per heavy atom. The Bertz CT molecular complexity index is 653. The van der Waals surface area contributed by atoms with E-state index in [-0.39, 0.29) is 5.41 Å². The minimum atomic E-state index is -0.300. The fourth-order valence-corrected chi connectivity index (χ4v) is 4.03. The Kier molecular flexibility index (Phi) is 3.58. The first-order valence-electron chi connectivity index (χ1n) is 7.14. The van der Waals surface area contributed by atoms with Crippen LogP contribution in [-0.4, -0.2) is 4.98 Å². The van der Waals surface area contributed by atoms with Gasteiger partial charge in [0.1, 0.15) is 0 Å². The molecule has 2 nitrogen and oxygen atoms in total. The predicted molar refractivity (Wildman–Crippen MR) is 81.8 cm³/mol. The maximum absolute atomic E-state index is 9.82. The van der Waals surface area contributed by atoms with Crippen LogP contribution in [0.2, 0.25) is 0 Å². The molecule has 0 spiro atoms. The molecule has 3 heteroatoms. The summed E-state index contributed by atoms with van der Waals surface area (Å²) in [5.41, 5.74) is 5.34. The van der Waals surface area contributed by atoms with Crippen LogP contribution in [0, 0.1) is 18.3 Å². The van der Waals surface area contributed by atoms with E-state index in [1.807, 2.05) is 5.51 Å². The van der Waals surface area contributed by atoms with Crippen molar-refractivity contribution in [1.82, 2.24) is 4.98 Å². The van der Waals surface area contributed by atoms with Crippen molar-refractivity contribution in [3.05, 3.63) is 51.5 Å². The van der Waals surface area contributed by atoms with Crippen molar-refractivity contribution in [2.45, 2.75) is 44.4 Å². The van der Waals surface area contributed by atoms with Crippen LogP contribution in [-0.2, 0) is 18.3 Å². The molecule has 0 amide bonds. The van der Waals surface area contributed by atoms with Gasteiger partial charge < -0.3 is 0 Å². The van der Waals surface area contributed by atoms with Gasteiger partial charge >= 0.3 is 0 Å². The Balaban J connectivity index is 1.90. The van der Waals surface area contributed by atoms with Crippen LogP contribution in [0.1, 0.15) is 41.0 Å². The lowest BCUT2D eigenvalue weighted by Crippen LogP contribution is -2.30. The van der Waals surface area contributed by atoms with Crippen molar-refractivity contribution in [1.29, 1.82) is 5.26 Å². The summed E-state index contributed by atoms with van der Waals surface area (Å²) in [6.45, 7) is 2.06. The summed E-state index contributed by atoms with van der Waals surface area (Å²) in [4.78, 5) is 5.63. The minimum absolute atomic E-state index is 0.300. The van der Waals surface area contributed by atoms with Gasteiger partial charge in [0, 0.05) is 4.88 Å². The first kappa shape index (κ1) is 13.3. The molecule has 20 heavy (non-hydrogen) atoms.